The molecule has 0 unspecified atom stereocenters. The van der Waals surface area contributed by atoms with Crippen molar-refractivity contribution in [1.29, 1.82) is 5.26 Å². The average Bonchev–Trinajstić information content (AvgIpc) is 2.48. The molecular weight excluding hydrogens is 272 g/mol. The number of rotatable bonds is 5. The second kappa shape index (κ2) is 6.87. The zero-order valence-corrected chi connectivity index (χ0v) is 12.3. The maximum Gasteiger partial charge on any atom is 0.179 e. The molecule has 0 bridgehead atoms. The fraction of sp³-hybridized carbons (Fsp3) is 0.533. The van der Waals surface area contributed by atoms with Gasteiger partial charge in [0.25, 0.3) is 0 Å². The normalized spacial score (nSPS) is 16.8. The highest BCUT2D eigenvalue weighted by molar-refractivity contribution is 7.91. The number of benzene rings is 1. The zero-order chi connectivity index (χ0) is 14.4. The summed E-state index contributed by atoms with van der Waals surface area (Å²) in [6.45, 7) is 0.493. The number of hydrogen-bond acceptors (Lipinski definition) is 4. The first kappa shape index (κ1) is 15.0. The molecule has 0 radical (unpaired) electrons. The van der Waals surface area contributed by atoms with Gasteiger partial charge in [-0.1, -0.05) is 19.3 Å². The first-order valence-corrected chi connectivity index (χ1v) is 8.73. The highest BCUT2D eigenvalue weighted by Gasteiger charge is 2.16. The lowest BCUT2D eigenvalue weighted by atomic mass is 9.96. The minimum atomic E-state index is -3.26. The molecule has 2 rings (SSSR count). The Kier molecular flexibility index (Phi) is 5.16. The van der Waals surface area contributed by atoms with E-state index in [0.29, 0.717) is 23.0 Å². The molecule has 0 saturated heterocycles. The largest absolute Gasteiger partial charge is 0.313 e. The van der Waals surface area contributed by atoms with Crippen molar-refractivity contribution in [2.75, 3.05) is 12.3 Å². The van der Waals surface area contributed by atoms with E-state index < -0.39 is 9.84 Å². The Labute approximate surface area is 120 Å². The van der Waals surface area contributed by atoms with E-state index in [4.69, 9.17) is 5.26 Å². The van der Waals surface area contributed by atoms with E-state index in [1.165, 1.54) is 31.4 Å². The van der Waals surface area contributed by atoms with Crippen LogP contribution in [0.1, 0.15) is 37.7 Å². The molecule has 0 heterocycles. The van der Waals surface area contributed by atoms with Gasteiger partial charge in [0.15, 0.2) is 9.84 Å². The zero-order valence-electron chi connectivity index (χ0n) is 11.5. The van der Waals surface area contributed by atoms with Crippen LogP contribution in [0, 0.1) is 11.3 Å². The Morgan fingerprint density at radius 1 is 1.15 bits per heavy atom. The third-order valence-electron chi connectivity index (χ3n) is 3.75. The quantitative estimate of drug-likeness (QED) is 0.903. The molecule has 0 aromatic heterocycles. The van der Waals surface area contributed by atoms with Gasteiger partial charge in [-0.2, -0.15) is 5.26 Å². The number of nitriles is 1. The van der Waals surface area contributed by atoms with E-state index in [9.17, 15) is 8.42 Å². The fourth-order valence-corrected chi connectivity index (χ4v) is 3.73. The molecule has 1 N–H and O–H groups in total. The average molecular weight is 292 g/mol. The van der Waals surface area contributed by atoms with Crippen LogP contribution < -0.4 is 5.32 Å². The molecule has 1 aromatic rings. The number of hydrogen-bond donors (Lipinski definition) is 1. The van der Waals surface area contributed by atoms with Gasteiger partial charge in [-0.25, -0.2) is 8.42 Å². The van der Waals surface area contributed by atoms with Gasteiger partial charge in [-0.05, 0) is 37.1 Å². The van der Waals surface area contributed by atoms with Crippen molar-refractivity contribution in [3.05, 3.63) is 29.8 Å². The van der Waals surface area contributed by atoms with Crippen molar-refractivity contribution < 1.29 is 8.42 Å². The Bertz CT molecular complexity index is 567. The van der Waals surface area contributed by atoms with Crippen LogP contribution in [0.2, 0.25) is 0 Å². The van der Waals surface area contributed by atoms with Crippen LogP contribution in [0.25, 0.3) is 0 Å². The molecule has 20 heavy (non-hydrogen) atoms. The monoisotopic (exact) mass is 292 g/mol. The first-order valence-electron chi connectivity index (χ1n) is 7.08. The van der Waals surface area contributed by atoms with Gasteiger partial charge in [-0.3, -0.25) is 0 Å². The maximum atomic E-state index is 12.2. The summed E-state index contributed by atoms with van der Waals surface area (Å²) in [5.41, 5.74) is 0.476. The minimum absolute atomic E-state index is 0.107. The molecule has 0 amide bonds. The molecule has 1 aliphatic carbocycles. The van der Waals surface area contributed by atoms with Crippen LogP contribution in [-0.2, 0) is 9.84 Å². The SMILES string of the molecule is N#Cc1ccc(S(=O)(=O)CCNC2CCCCC2)cc1. The van der Waals surface area contributed by atoms with E-state index in [2.05, 4.69) is 5.32 Å². The van der Waals surface area contributed by atoms with E-state index >= 15 is 0 Å². The van der Waals surface area contributed by atoms with E-state index in [1.807, 2.05) is 6.07 Å². The van der Waals surface area contributed by atoms with Crippen LogP contribution in [0.15, 0.2) is 29.2 Å². The van der Waals surface area contributed by atoms with Gasteiger partial charge in [0, 0.05) is 12.6 Å². The lowest BCUT2D eigenvalue weighted by Crippen LogP contribution is -2.34. The van der Waals surface area contributed by atoms with Gasteiger partial charge < -0.3 is 5.32 Å². The van der Waals surface area contributed by atoms with Crippen LogP contribution in [-0.4, -0.2) is 26.8 Å². The second-order valence-corrected chi connectivity index (χ2v) is 7.35. The van der Waals surface area contributed by atoms with Gasteiger partial charge in [-0.15, -0.1) is 0 Å². The molecule has 1 saturated carbocycles. The van der Waals surface area contributed by atoms with Gasteiger partial charge in [0.05, 0.1) is 22.3 Å². The highest BCUT2D eigenvalue weighted by atomic mass is 32.2. The summed E-state index contributed by atoms with van der Waals surface area (Å²) < 4.78 is 24.3. The van der Waals surface area contributed by atoms with Gasteiger partial charge in [0.2, 0.25) is 0 Å². The summed E-state index contributed by atoms with van der Waals surface area (Å²) in [4.78, 5) is 0.293. The van der Waals surface area contributed by atoms with Crippen molar-refractivity contribution in [2.45, 2.75) is 43.0 Å². The van der Waals surface area contributed by atoms with Crippen LogP contribution in [0.5, 0.6) is 0 Å². The molecule has 0 aliphatic heterocycles. The van der Waals surface area contributed by atoms with Crippen molar-refractivity contribution in [3.63, 3.8) is 0 Å². The van der Waals surface area contributed by atoms with Gasteiger partial charge in [0.1, 0.15) is 0 Å². The highest BCUT2D eigenvalue weighted by Crippen LogP contribution is 2.17. The van der Waals surface area contributed by atoms with E-state index in [0.717, 1.165) is 12.8 Å². The smallest absolute Gasteiger partial charge is 0.179 e. The summed E-state index contributed by atoms with van der Waals surface area (Å²) in [6.07, 6.45) is 6.07. The lowest BCUT2D eigenvalue weighted by molar-refractivity contribution is 0.380. The van der Waals surface area contributed by atoms with Crippen LogP contribution in [0.4, 0.5) is 0 Å². The van der Waals surface area contributed by atoms with Crippen LogP contribution in [0.3, 0.4) is 0 Å². The molecule has 0 atom stereocenters. The van der Waals surface area contributed by atoms with Gasteiger partial charge >= 0.3 is 0 Å². The molecule has 5 heteroatoms. The van der Waals surface area contributed by atoms with E-state index in [-0.39, 0.29) is 5.75 Å². The number of nitrogens with zero attached hydrogens (tertiary/aromatic N) is 1. The maximum absolute atomic E-state index is 12.2. The minimum Gasteiger partial charge on any atom is -0.313 e. The third kappa shape index (κ3) is 4.06. The summed E-state index contributed by atoms with van der Waals surface area (Å²) in [5.74, 6) is 0.107. The summed E-state index contributed by atoms with van der Waals surface area (Å²) in [6, 6.07) is 8.56. The predicted molar refractivity (Wildman–Crippen MR) is 78.1 cm³/mol. The molecule has 1 fully saturated rings. The molecule has 0 spiro atoms. The molecule has 108 valence electrons. The van der Waals surface area contributed by atoms with Crippen molar-refractivity contribution in [2.24, 2.45) is 0 Å². The lowest BCUT2D eigenvalue weighted by Gasteiger charge is -2.22. The van der Waals surface area contributed by atoms with Crippen molar-refractivity contribution in [1.82, 2.24) is 5.32 Å². The molecule has 1 aromatic carbocycles. The van der Waals surface area contributed by atoms with Crippen LogP contribution >= 0.6 is 0 Å². The summed E-state index contributed by atoms with van der Waals surface area (Å²) in [7, 11) is -3.26. The van der Waals surface area contributed by atoms with Crippen molar-refractivity contribution in [3.8, 4) is 6.07 Å². The summed E-state index contributed by atoms with van der Waals surface area (Å²) in [5, 5.41) is 12.0. The second-order valence-electron chi connectivity index (χ2n) is 5.24. The number of sulfone groups is 1. The Morgan fingerprint density at radius 3 is 2.40 bits per heavy atom. The molecule has 4 nitrogen and oxygen atoms in total. The standard InChI is InChI=1S/C15H20N2O2S/c16-12-13-6-8-15(9-7-13)20(18,19)11-10-17-14-4-2-1-3-5-14/h6-9,14,17H,1-5,10-11H2. The summed E-state index contributed by atoms with van der Waals surface area (Å²) >= 11 is 0. The molecular formula is C15H20N2O2S. The predicted octanol–water partition coefficient (Wildman–Crippen LogP) is 2.25. The van der Waals surface area contributed by atoms with Crippen molar-refractivity contribution >= 4 is 9.84 Å². The fourth-order valence-electron chi connectivity index (χ4n) is 2.56. The first-order chi connectivity index (χ1) is 9.62. The number of nitrogens with one attached hydrogen (secondary N) is 1. The Morgan fingerprint density at radius 2 is 1.80 bits per heavy atom. The third-order valence-corrected chi connectivity index (χ3v) is 5.48. The Balaban J connectivity index is 1.88. The van der Waals surface area contributed by atoms with E-state index in [1.54, 1.807) is 12.1 Å². The topological polar surface area (TPSA) is 70.0 Å². The molecule has 1 aliphatic rings. The Hall–Kier alpha value is -1.38.